The molecule has 1 aromatic rings. The van der Waals surface area contributed by atoms with Crippen molar-refractivity contribution >= 4 is 11.8 Å². The molecule has 2 aliphatic heterocycles. The summed E-state index contributed by atoms with van der Waals surface area (Å²) in [4.78, 5) is 29.3. The maximum absolute atomic E-state index is 12.8. The minimum atomic E-state index is 0.0287. The SMILES string of the molecule is COc1ccc(C(=O)N2CCN(C(=O)C3CC34CCNCC4)CC2)cc1. The van der Waals surface area contributed by atoms with Crippen molar-refractivity contribution in [2.45, 2.75) is 19.3 Å². The van der Waals surface area contributed by atoms with Crippen LogP contribution in [0.25, 0.3) is 0 Å². The zero-order chi connectivity index (χ0) is 18.1. The molecule has 1 spiro atoms. The standard InChI is InChI=1S/C20H27N3O3/c1-26-16-4-2-15(3-5-16)18(24)22-10-12-23(13-11-22)19(25)17-14-20(17)6-8-21-9-7-20/h2-5,17,21H,6-14H2,1H3. The fourth-order valence-corrected chi connectivity index (χ4v) is 4.44. The zero-order valence-corrected chi connectivity index (χ0v) is 15.4. The van der Waals surface area contributed by atoms with Crippen molar-refractivity contribution in [3.8, 4) is 5.75 Å². The maximum atomic E-state index is 12.8. The van der Waals surface area contributed by atoms with E-state index in [-0.39, 0.29) is 17.2 Å². The smallest absolute Gasteiger partial charge is 0.253 e. The Kier molecular flexibility index (Phi) is 4.61. The van der Waals surface area contributed by atoms with E-state index in [0.29, 0.717) is 37.6 Å². The largest absolute Gasteiger partial charge is 0.497 e. The van der Waals surface area contributed by atoms with E-state index in [4.69, 9.17) is 4.74 Å². The molecular formula is C20H27N3O3. The van der Waals surface area contributed by atoms with Gasteiger partial charge in [-0.1, -0.05) is 0 Å². The van der Waals surface area contributed by atoms with Crippen LogP contribution in [0.4, 0.5) is 0 Å². The molecule has 1 aliphatic carbocycles. The van der Waals surface area contributed by atoms with Crippen LogP contribution in [0.15, 0.2) is 24.3 Å². The van der Waals surface area contributed by atoms with E-state index < -0.39 is 0 Å². The molecule has 2 heterocycles. The highest BCUT2D eigenvalue weighted by Gasteiger charge is 2.58. The third-order valence-electron chi connectivity index (χ3n) is 6.30. The molecule has 1 unspecified atom stereocenters. The van der Waals surface area contributed by atoms with Gasteiger partial charge in [0, 0.05) is 37.7 Å². The van der Waals surface area contributed by atoms with E-state index in [2.05, 4.69) is 5.32 Å². The van der Waals surface area contributed by atoms with E-state index in [1.807, 2.05) is 9.80 Å². The van der Waals surface area contributed by atoms with Gasteiger partial charge in [-0.25, -0.2) is 0 Å². The quantitative estimate of drug-likeness (QED) is 0.888. The first kappa shape index (κ1) is 17.3. The number of piperazine rings is 1. The first-order valence-electron chi connectivity index (χ1n) is 9.56. The number of carbonyl (C=O) groups is 2. The van der Waals surface area contributed by atoms with Crippen LogP contribution in [0.1, 0.15) is 29.6 Å². The molecule has 1 aromatic carbocycles. The summed E-state index contributed by atoms with van der Waals surface area (Å²) in [6.07, 6.45) is 3.30. The second-order valence-electron chi connectivity index (χ2n) is 7.72. The van der Waals surface area contributed by atoms with Crippen LogP contribution < -0.4 is 10.1 Å². The van der Waals surface area contributed by atoms with Crippen LogP contribution in [-0.4, -0.2) is 68.0 Å². The van der Waals surface area contributed by atoms with Gasteiger partial charge < -0.3 is 19.9 Å². The zero-order valence-electron chi connectivity index (χ0n) is 15.4. The summed E-state index contributed by atoms with van der Waals surface area (Å²) in [7, 11) is 1.61. The molecule has 0 radical (unpaired) electrons. The van der Waals surface area contributed by atoms with Gasteiger partial charge in [-0.15, -0.1) is 0 Å². The number of methoxy groups -OCH3 is 1. The minimum absolute atomic E-state index is 0.0287. The Labute approximate surface area is 154 Å². The Morgan fingerprint density at radius 2 is 1.65 bits per heavy atom. The average molecular weight is 357 g/mol. The summed E-state index contributed by atoms with van der Waals surface area (Å²) in [6.45, 7) is 4.58. The van der Waals surface area contributed by atoms with E-state index in [1.54, 1.807) is 31.4 Å². The van der Waals surface area contributed by atoms with E-state index in [0.717, 1.165) is 38.1 Å². The Bertz CT molecular complexity index is 674. The molecular weight excluding hydrogens is 330 g/mol. The van der Waals surface area contributed by atoms with Crippen molar-refractivity contribution in [3.05, 3.63) is 29.8 Å². The molecule has 4 rings (SSSR count). The van der Waals surface area contributed by atoms with Crippen molar-refractivity contribution < 1.29 is 14.3 Å². The van der Waals surface area contributed by atoms with Crippen LogP contribution in [0, 0.1) is 11.3 Å². The monoisotopic (exact) mass is 357 g/mol. The molecule has 1 atom stereocenters. The van der Waals surface area contributed by atoms with E-state index >= 15 is 0 Å². The first-order valence-corrected chi connectivity index (χ1v) is 9.56. The molecule has 0 aromatic heterocycles. The molecule has 140 valence electrons. The highest BCUT2D eigenvalue weighted by molar-refractivity contribution is 5.94. The molecule has 26 heavy (non-hydrogen) atoms. The van der Waals surface area contributed by atoms with Crippen LogP contribution in [0.2, 0.25) is 0 Å². The van der Waals surface area contributed by atoms with Gasteiger partial charge in [-0.05, 0) is 62.0 Å². The van der Waals surface area contributed by atoms with Gasteiger partial charge in [-0.2, -0.15) is 0 Å². The first-order chi connectivity index (χ1) is 12.6. The summed E-state index contributed by atoms with van der Waals surface area (Å²) in [5.74, 6) is 1.30. The summed E-state index contributed by atoms with van der Waals surface area (Å²) in [6, 6.07) is 7.20. The number of amides is 2. The van der Waals surface area contributed by atoms with E-state index in [9.17, 15) is 9.59 Å². The maximum Gasteiger partial charge on any atom is 0.253 e. The number of piperidine rings is 1. The molecule has 3 aliphatic rings. The number of hydrogen-bond acceptors (Lipinski definition) is 4. The third-order valence-corrected chi connectivity index (χ3v) is 6.30. The molecule has 1 saturated carbocycles. The molecule has 0 bridgehead atoms. The average Bonchev–Trinajstić information content (AvgIpc) is 3.40. The van der Waals surface area contributed by atoms with Gasteiger partial charge in [0.2, 0.25) is 5.91 Å². The van der Waals surface area contributed by atoms with Crippen LogP contribution >= 0.6 is 0 Å². The highest BCUT2D eigenvalue weighted by Crippen LogP contribution is 2.59. The fourth-order valence-electron chi connectivity index (χ4n) is 4.44. The number of nitrogens with one attached hydrogen (secondary N) is 1. The van der Waals surface area contributed by atoms with Gasteiger partial charge in [-0.3, -0.25) is 9.59 Å². The normalized spacial score (nSPS) is 24.4. The van der Waals surface area contributed by atoms with Crippen molar-refractivity contribution in [3.63, 3.8) is 0 Å². The Balaban J connectivity index is 1.31. The number of nitrogens with zero attached hydrogens (tertiary/aromatic N) is 2. The topological polar surface area (TPSA) is 61.9 Å². The van der Waals surface area contributed by atoms with Gasteiger partial charge in [0.25, 0.3) is 5.91 Å². The van der Waals surface area contributed by atoms with Crippen molar-refractivity contribution in [1.82, 2.24) is 15.1 Å². The predicted molar refractivity (Wildman–Crippen MR) is 98.1 cm³/mol. The third kappa shape index (κ3) is 3.18. The number of carbonyl (C=O) groups excluding carboxylic acids is 2. The predicted octanol–water partition coefficient (Wildman–Crippen LogP) is 1.37. The van der Waals surface area contributed by atoms with Crippen molar-refractivity contribution in [1.29, 1.82) is 0 Å². The summed E-state index contributed by atoms with van der Waals surface area (Å²) >= 11 is 0. The summed E-state index contributed by atoms with van der Waals surface area (Å²) < 4.78 is 5.14. The summed E-state index contributed by atoms with van der Waals surface area (Å²) in [5, 5.41) is 3.38. The lowest BCUT2D eigenvalue weighted by Crippen LogP contribution is -2.51. The number of benzene rings is 1. The lowest BCUT2D eigenvalue weighted by molar-refractivity contribution is -0.135. The van der Waals surface area contributed by atoms with Crippen molar-refractivity contribution in [2.75, 3.05) is 46.4 Å². The van der Waals surface area contributed by atoms with Gasteiger partial charge in [0.05, 0.1) is 7.11 Å². The fraction of sp³-hybridized carbons (Fsp3) is 0.600. The molecule has 3 fully saturated rings. The van der Waals surface area contributed by atoms with Gasteiger partial charge in [0.1, 0.15) is 5.75 Å². The Morgan fingerprint density at radius 3 is 2.27 bits per heavy atom. The Hall–Kier alpha value is -2.08. The molecule has 6 nitrogen and oxygen atoms in total. The van der Waals surface area contributed by atoms with Crippen LogP contribution in [-0.2, 0) is 4.79 Å². The summed E-state index contributed by atoms with van der Waals surface area (Å²) in [5.41, 5.74) is 0.944. The van der Waals surface area contributed by atoms with Gasteiger partial charge >= 0.3 is 0 Å². The number of ether oxygens (including phenoxy) is 1. The van der Waals surface area contributed by atoms with Crippen molar-refractivity contribution in [2.24, 2.45) is 11.3 Å². The highest BCUT2D eigenvalue weighted by atomic mass is 16.5. The molecule has 6 heteroatoms. The Morgan fingerprint density at radius 1 is 1.04 bits per heavy atom. The van der Waals surface area contributed by atoms with Crippen LogP contribution in [0.3, 0.4) is 0 Å². The van der Waals surface area contributed by atoms with Crippen LogP contribution in [0.5, 0.6) is 5.75 Å². The van der Waals surface area contributed by atoms with E-state index in [1.165, 1.54) is 0 Å². The second-order valence-corrected chi connectivity index (χ2v) is 7.72. The molecule has 2 saturated heterocycles. The second kappa shape index (κ2) is 6.91. The molecule has 1 N–H and O–H groups in total. The lowest BCUT2D eigenvalue weighted by atomic mass is 9.91. The number of rotatable bonds is 3. The number of hydrogen-bond donors (Lipinski definition) is 1. The van der Waals surface area contributed by atoms with Gasteiger partial charge in [0.15, 0.2) is 0 Å². The molecule has 2 amide bonds. The minimum Gasteiger partial charge on any atom is -0.497 e. The lowest BCUT2D eigenvalue weighted by Gasteiger charge is -2.35.